The molecule has 0 bridgehead atoms. The van der Waals surface area contributed by atoms with Crippen LogP contribution < -0.4 is 5.32 Å². The SMILES string of the molecule is CNC(C#N)CSC1CCCC(C)C1. The Balaban J connectivity index is 2.20. The van der Waals surface area contributed by atoms with Crippen molar-refractivity contribution in [2.75, 3.05) is 12.8 Å². The minimum Gasteiger partial charge on any atom is -0.304 e. The second-order valence-electron chi connectivity index (χ2n) is 4.20. The van der Waals surface area contributed by atoms with Crippen LogP contribution in [0.5, 0.6) is 0 Å². The van der Waals surface area contributed by atoms with E-state index in [4.69, 9.17) is 5.26 Å². The molecule has 0 aromatic heterocycles. The van der Waals surface area contributed by atoms with E-state index in [1.165, 1.54) is 25.7 Å². The number of thioether (sulfide) groups is 1. The van der Waals surface area contributed by atoms with Crippen molar-refractivity contribution in [2.45, 2.75) is 43.9 Å². The van der Waals surface area contributed by atoms with E-state index in [2.05, 4.69) is 18.3 Å². The van der Waals surface area contributed by atoms with Crippen LogP contribution in [0.15, 0.2) is 0 Å². The third-order valence-electron chi connectivity index (χ3n) is 2.89. The average Bonchev–Trinajstić information content (AvgIpc) is 2.19. The predicted molar refractivity (Wildman–Crippen MR) is 62.3 cm³/mol. The van der Waals surface area contributed by atoms with Gasteiger partial charge in [0.15, 0.2) is 0 Å². The van der Waals surface area contributed by atoms with Crippen LogP contribution in [0.25, 0.3) is 0 Å². The van der Waals surface area contributed by atoms with E-state index < -0.39 is 0 Å². The fourth-order valence-corrected chi connectivity index (χ4v) is 3.45. The molecule has 0 amide bonds. The molecular formula is C11H20N2S. The molecule has 1 aliphatic carbocycles. The van der Waals surface area contributed by atoms with Gasteiger partial charge in [0.1, 0.15) is 6.04 Å². The van der Waals surface area contributed by atoms with Crippen LogP contribution >= 0.6 is 11.8 Å². The molecule has 0 aromatic rings. The number of hydrogen-bond acceptors (Lipinski definition) is 3. The molecule has 0 radical (unpaired) electrons. The van der Waals surface area contributed by atoms with Crippen LogP contribution in [0, 0.1) is 17.2 Å². The summed E-state index contributed by atoms with van der Waals surface area (Å²) in [5.41, 5.74) is 0. The minimum atomic E-state index is 0.0252. The molecule has 14 heavy (non-hydrogen) atoms. The van der Waals surface area contributed by atoms with E-state index in [1.54, 1.807) is 0 Å². The molecule has 1 rings (SSSR count). The number of rotatable bonds is 4. The molecule has 1 aliphatic rings. The lowest BCUT2D eigenvalue weighted by Crippen LogP contribution is -2.27. The Kier molecular flexibility index (Phi) is 5.36. The van der Waals surface area contributed by atoms with E-state index in [9.17, 15) is 0 Å². The largest absolute Gasteiger partial charge is 0.304 e. The highest BCUT2D eigenvalue weighted by molar-refractivity contribution is 7.99. The van der Waals surface area contributed by atoms with Crippen molar-refractivity contribution >= 4 is 11.8 Å². The normalized spacial score (nSPS) is 29.5. The molecule has 0 heterocycles. The summed E-state index contributed by atoms with van der Waals surface area (Å²) in [6, 6.07) is 2.30. The van der Waals surface area contributed by atoms with Gasteiger partial charge in [0.2, 0.25) is 0 Å². The molecule has 0 saturated heterocycles. The molecule has 80 valence electrons. The standard InChI is InChI=1S/C11H20N2S/c1-9-4-3-5-11(6-9)14-8-10(7-12)13-2/h9-11,13H,3-6,8H2,1-2H3. The molecule has 3 heteroatoms. The van der Waals surface area contributed by atoms with Crippen molar-refractivity contribution in [1.82, 2.24) is 5.32 Å². The molecule has 2 nitrogen and oxygen atoms in total. The zero-order chi connectivity index (χ0) is 10.4. The molecule has 0 spiro atoms. The van der Waals surface area contributed by atoms with Gasteiger partial charge < -0.3 is 5.32 Å². The Bertz CT molecular complexity index is 200. The Morgan fingerprint density at radius 3 is 2.93 bits per heavy atom. The fourth-order valence-electron chi connectivity index (χ4n) is 1.95. The van der Waals surface area contributed by atoms with Gasteiger partial charge in [-0.2, -0.15) is 17.0 Å². The van der Waals surface area contributed by atoms with Gasteiger partial charge in [-0.25, -0.2) is 0 Å². The summed E-state index contributed by atoms with van der Waals surface area (Å²) < 4.78 is 0. The van der Waals surface area contributed by atoms with Crippen molar-refractivity contribution in [3.8, 4) is 6.07 Å². The second-order valence-corrected chi connectivity index (χ2v) is 5.53. The molecule has 1 fully saturated rings. The second kappa shape index (κ2) is 6.31. The third kappa shape index (κ3) is 3.89. The Morgan fingerprint density at radius 1 is 1.57 bits per heavy atom. The van der Waals surface area contributed by atoms with Crippen molar-refractivity contribution in [3.63, 3.8) is 0 Å². The van der Waals surface area contributed by atoms with E-state index >= 15 is 0 Å². The quantitative estimate of drug-likeness (QED) is 0.777. The average molecular weight is 212 g/mol. The number of hydrogen-bond donors (Lipinski definition) is 1. The molecule has 1 saturated carbocycles. The van der Waals surface area contributed by atoms with E-state index in [0.717, 1.165) is 16.9 Å². The van der Waals surface area contributed by atoms with Gasteiger partial charge in [-0.1, -0.05) is 19.8 Å². The first kappa shape index (κ1) is 11.9. The summed E-state index contributed by atoms with van der Waals surface area (Å²) in [6.07, 6.45) is 5.45. The monoisotopic (exact) mass is 212 g/mol. The first-order valence-electron chi connectivity index (χ1n) is 5.44. The van der Waals surface area contributed by atoms with Crippen LogP contribution in [-0.2, 0) is 0 Å². The van der Waals surface area contributed by atoms with E-state index in [1.807, 2.05) is 18.8 Å². The Hall–Kier alpha value is -0.200. The highest BCUT2D eigenvalue weighted by atomic mass is 32.2. The van der Waals surface area contributed by atoms with Crippen LogP contribution in [0.2, 0.25) is 0 Å². The molecule has 3 unspecified atom stereocenters. The van der Waals surface area contributed by atoms with Gasteiger partial charge >= 0.3 is 0 Å². The summed E-state index contributed by atoms with van der Waals surface area (Å²) in [5.74, 6) is 1.82. The van der Waals surface area contributed by atoms with Crippen LogP contribution in [0.3, 0.4) is 0 Å². The maximum absolute atomic E-state index is 8.78. The van der Waals surface area contributed by atoms with Crippen molar-refractivity contribution in [3.05, 3.63) is 0 Å². The van der Waals surface area contributed by atoms with Crippen molar-refractivity contribution in [2.24, 2.45) is 5.92 Å². The fraction of sp³-hybridized carbons (Fsp3) is 0.909. The number of nitriles is 1. The molecule has 1 N–H and O–H groups in total. The lowest BCUT2D eigenvalue weighted by atomic mass is 9.91. The maximum atomic E-state index is 8.78. The topological polar surface area (TPSA) is 35.8 Å². The summed E-state index contributed by atoms with van der Waals surface area (Å²) in [7, 11) is 1.86. The summed E-state index contributed by atoms with van der Waals surface area (Å²) in [6.45, 7) is 2.34. The van der Waals surface area contributed by atoms with Crippen molar-refractivity contribution < 1.29 is 0 Å². The molecule has 3 atom stereocenters. The first-order chi connectivity index (χ1) is 6.76. The minimum absolute atomic E-state index is 0.0252. The maximum Gasteiger partial charge on any atom is 0.104 e. The summed E-state index contributed by atoms with van der Waals surface area (Å²) in [4.78, 5) is 0. The van der Waals surface area contributed by atoms with Crippen LogP contribution in [-0.4, -0.2) is 24.1 Å². The number of nitrogens with zero attached hydrogens (tertiary/aromatic N) is 1. The van der Waals surface area contributed by atoms with Gasteiger partial charge in [-0.3, -0.25) is 0 Å². The molecule has 0 aromatic carbocycles. The van der Waals surface area contributed by atoms with Crippen molar-refractivity contribution in [1.29, 1.82) is 5.26 Å². The third-order valence-corrected chi connectivity index (χ3v) is 4.32. The Morgan fingerprint density at radius 2 is 2.36 bits per heavy atom. The van der Waals surface area contributed by atoms with E-state index in [0.29, 0.717) is 0 Å². The highest BCUT2D eigenvalue weighted by Crippen LogP contribution is 2.31. The van der Waals surface area contributed by atoms with Gasteiger partial charge in [0.25, 0.3) is 0 Å². The smallest absolute Gasteiger partial charge is 0.104 e. The zero-order valence-corrected chi connectivity index (χ0v) is 9.94. The Labute approximate surface area is 91.4 Å². The highest BCUT2D eigenvalue weighted by Gasteiger charge is 2.19. The summed E-state index contributed by atoms with van der Waals surface area (Å²) in [5, 5.41) is 12.6. The lowest BCUT2D eigenvalue weighted by Gasteiger charge is -2.26. The lowest BCUT2D eigenvalue weighted by molar-refractivity contribution is 0.394. The number of nitrogens with one attached hydrogen (secondary N) is 1. The summed E-state index contributed by atoms with van der Waals surface area (Å²) >= 11 is 1.97. The van der Waals surface area contributed by atoms with Gasteiger partial charge in [0, 0.05) is 11.0 Å². The molecular weight excluding hydrogens is 192 g/mol. The van der Waals surface area contributed by atoms with Crippen LogP contribution in [0.4, 0.5) is 0 Å². The van der Waals surface area contributed by atoms with Crippen LogP contribution in [0.1, 0.15) is 32.6 Å². The predicted octanol–water partition coefficient (Wildman–Crippen LogP) is 2.41. The van der Waals surface area contributed by atoms with Gasteiger partial charge in [-0.05, 0) is 25.8 Å². The zero-order valence-electron chi connectivity index (χ0n) is 9.12. The first-order valence-corrected chi connectivity index (χ1v) is 6.49. The molecule has 0 aliphatic heterocycles. The van der Waals surface area contributed by atoms with Gasteiger partial charge in [0.05, 0.1) is 6.07 Å². The van der Waals surface area contributed by atoms with Gasteiger partial charge in [-0.15, -0.1) is 0 Å². The van der Waals surface area contributed by atoms with E-state index in [-0.39, 0.29) is 6.04 Å².